The Morgan fingerprint density at radius 1 is 0.955 bits per heavy atom. The lowest BCUT2D eigenvalue weighted by Gasteiger charge is -2.36. The molecule has 22 heavy (non-hydrogen) atoms. The van der Waals surface area contributed by atoms with Crippen LogP contribution in [-0.4, -0.2) is 28.2 Å². The van der Waals surface area contributed by atoms with Crippen LogP contribution in [0.15, 0.2) is 30.3 Å². The van der Waals surface area contributed by atoms with Crippen LogP contribution < -0.4 is 0 Å². The third-order valence-electron chi connectivity index (χ3n) is 3.76. The van der Waals surface area contributed by atoms with Gasteiger partial charge in [-0.05, 0) is 12.0 Å². The van der Waals surface area contributed by atoms with Gasteiger partial charge in [-0.1, -0.05) is 62.9 Å². The zero-order valence-corrected chi connectivity index (χ0v) is 12.5. The average molecular weight is 322 g/mol. The SMILES string of the molecule is CCCCCC[C@H](O)[C@](F)([C@H](O)c1ccccc1)C(F)(F)F. The molecule has 0 spiro atoms. The summed E-state index contributed by atoms with van der Waals surface area (Å²) in [5.41, 5.74) is -4.30. The average Bonchev–Trinajstić information content (AvgIpc) is 2.49. The monoisotopic (exact) mass is 322 g/mol. The van der Waals surface area contributed by atoms with E-state index in [9.17, 15) is 27.8 Å². The quantitative estimate of drug-likeness (QED) is 0.553. The van der Waals surface area contributed by atoms with Gasteiger partial charge in [-0.3, -0.25) is 0 Å². The first-order valence-electron chi connectivity index (χ1n) is 7.41. The number of aliphatic hydroxyl groups is 2. The Labute approximate surface area is 127 Å². The summed E-state index contributed by atoms with van der Waals surface area (Å²) in [4.78, 5) is 0. The molecule has 1 aromatic carbocycles. The second-order valence-corrected chi connectivity index (χ2v) is 5.44. The maximum atomic E-state index is 14.7. The third-order valence-corrected chi connectivity index (χ3v) is 3.76. The lowest BCUT2D eigenvalue weighted by Crippen LogP contribution is -2.55. The summed E-state index contributed by atoms with van der Waals surface area (Å²) in [5.74, 6) is 0. The molecule has 0 saturated carbocycles. The molecule has 0 amide bonds. The van der Waals surface area contributed by atoms with Crippen molar-refractivity contribution in [2.45, 2.75) is 63.1 Å². The molecule has 2 N–H and O–H groups in total. The van der Waals surface area contributed by atoms with Crippen LogP contribution in [0.5, 0.6) is 0 Å². The van der Waals surface area contributed by atoms with Gasteiger partial charge in [-0.15, -0.1) is 0 Å². The van der Waals surface area contributed by atoms with E-state index in [0.29, 0.717) is 6.42 Å². The fourth-order valence-corrected chi connectivity index (χ4v) is 2.38. The molecule has 6 heteroatoms. The Morgan fingerprint density at radius 3 is 2.05 bits per heavy atom. The maximum absolute atomic E-state index is 14.7. The van der Waals surface area contributed by atoms with E-state index in [4.69, 9.17) is 0 Å². The highest BCUT2D eigenvalue weighted by Gasteiger charge is 2.65. The van der Waals surface area contributed by atoms with Crippen molar-refractivity contribution in [3.8, 4) is 0 Å². The maximum Gasteiger partial charge on any atom is 0.428 e. The van der Waals surface area contributed by atoms with Gasteiger partial charge >= 0.3 is 6.18 Å². The molecule has 0 aliphatic carbocycles. The zero-order chi connectivity index (χ0) is 16.8. The van der Waals surface area contributed by atoms with Crippen LogP contribution in [0.2, 0.25) is 0 Å². The molecule has 0 aliphatic heterocycles. The summed E-state index contributed by atoms with van der Waals surface area (Å²) in [6, 6.07) is 6.76. The fourth-order valence-electron chi connectivity index (χ4n) is 2.38. The summed E-state index contributed by atoms with van der Waals surface area (Å²) < 4.78 is 54.2. The molecule has 0 fully saturated rings. The van der Waals surface area contributed by atoms with Crippen LogP contribution >= 0.6 is 0 Å². The third kappa shape index (κ3) is 4.20. The topological polar surface area (TPSA) is 40.5 Å². The van der Waals surface area contributed by atoms with Crippen molar-refractivity contribution in [2.75, 3.05) is 0 Å². The van der Waals surface area contributed by atoms with Gasteiger partial charge in [-0.2, -0.15) is 13.2 Å². The Bertz CT molecular complexity index is 436. The summed E-state index contributed by atoms with van der Waals surface area (Å²) in [7, 11) is 0. The lowest BCUT2D eigenvalue weighted by atomic mass is 9.84. The van der Waals surface area contributed by atoms with Crippen molar-refractivity contribution in [1.82, 2.24) is 0 Å². The van der Waals surface area contributed by atoms with Crippen LogP contribution in [0.4, 0.5) is 17.6 Å². The van der Waals surface area contributed by atoms with Gasteiger partial charge < -0.3 is 10.2 Å². The number of unbranched alkanes of at least 4 members (excludes halogenated alkanes) is 3. The van der Waals surface area contributed by atoms with Gasteiger partial charge in [-0.25, -0.2) is 4.39 Å². The molecule has 0 aromatic heterocycles. The van der Waals surface area contributed by atoms with Gasteiger partial charge in [0.15, 0.2) is 0 Å². The number of hydrogen-bond acceptors (Lipinski definition) is 2. The van der Waals surface area contributed by atoms with Gasteiger partial charge in [0.25, 0.3) is 5.67 Å². The van der Waals surface area contributed by atoms with E-state index in [1.807, 2.05) is 6.92 Å². The van der Waals surface area contributed by atoms with E-state index >= 15 is 0 Å². The molecule has 0 bridgehead atoms. The van der Waals surface area contributed by atoms with Crippen LogP contribution in [0, 0.1) is 0 Å². The van der Waals surface area contributed by atoms with Crippen LogP contribution in [0.25, 0.3) is 0 Å². The summed E-state index contributed by atoms with van der Waals surface area (Å²) >= 11 is 0. The van der Waals surface area contributed by atoms with Gasteiger partial charge in [0.1, 0.15) is 12.2 Å². The molecule has 1 aromatic rings. The van der Waals surface area contributed by atoms with E-state index < -0.39 is 24.1 Å². The highest BCUT2D eigenvalue weighted by atomic mass is 19.4. The predicted molar refractivity (Wildman–Crippen MR) is 76.1 cm³/mol. The molecular weight excluding hydrogens is 300 g/mol. The van der Waals surface area contributed by atoms with Crippen LogP contribution in [-0.2, 0) is 0 Å². The van der Waals surface area contributed by atoms with Crippen molar-refractivity contribution >= 4 is 0 Å². The lowest BCUT2D eigenvalue weighted by molar-refractivity contribution is -0.292. The Balaban J connectivity index is 2.95. The van der Waals surface area contributed by atoms with Crippen molar-refractivity contribution in [3.63, 3.8) is 0 Å². The Morgan fingerprint density at radius 2 is 1.55 bits per heavy atom. The Hall–Kier alpha value is -1.14. The first-order valence-corrected chi connectivity index (χ1v) is 7.41. The van der Waals surface area contributed by atoms with Gasteiger partial charge in [0.05, 0.1) is 0 Å². The minimum absolute atomic E-state index is 0.213. The summed E-state index contributed by atoms with van der Waals surface area (Å²) in [6.07, 6.45) is -7.91. The summed E-state index contributed by atoms with van der Waals surface area (Å²) in [6.45, 7) is 1.94. The number of benzene rings is 1. The minimum Gasteiger partial charge on any atom is -0.389 e. The van der Waals surface area contributed by atoms with E-state index in [-0.39, 0.29) is 18.4 Å². The molecular formula is C16H22F4O2. The number of halogens is 4. The second-order valence-electron chi connectivity index (χ2n) is 5.44. The first-order chi connectivity index (χ1) is 10.2. The molecule has 1 rings (SSSR count). The molecule has 0 heterocycles. The second kappa shape index (κ2) is 7.92. The number of alkyl halides is 4. The molecule has 0 aliphatic rings. The predicted octanol–water partition coefficient (Wildman–Crippen LogP) is 4.32. The van der Waals surface area contributed by atoms with Crippen molar-refractivity contribution in [1.29, 1.82) is 0 Å². The van der Waals surface area contributed by atoms with Crippen LogP contribution in [0.3, 0.4) is 0 Å². The molecule has 126 valence electrons. The normalized spacial score (nSPS) is 17.8. The standard InChI is InChI=1S/C16H22F4O2/c1-2-3-4-8-11-13(21)15(17,16(18,19)20)14(22)12-9-6-5-7-10-12/h5-7,9-10,13-14,21-22H,2-4,8,11H2,1H3/t13-,14+,15-/m0/s1. The van der Waals surface area contributed by atoms with Crippen molar-refractivity contribution < 1.29 is 27.8 Å². The zero-order valence-electron chi connectivity index (χ0n) is 12.5. The van der Waals surface area contributed by atoms with Gasteiger partial charge in [0, 0.05) is 0 Å². The van der Waals surface area contributed by atoms with Gasteiger partial charge in [0.2, 0.25) is 0 Å². The molecule has 0 saturated heterocycles. The molecule has 0 radical (unpaired) electrons. The Kier molecular flexibility index (Phi) is 6.81. The van der Waals surface area contributed by atoms with Crippen LogP contribution in [0.1, 0.15) is 50.7 Å². The highest BCUT2D eigenvalue weighted by molar-refractivity contribution is 5.22. The van der Waals surface area contributed by atoms with E-state index in [1.165, 1.54) is 24.3 Å². The number of rotatable bonds is 8. The van der Waals surface area contributed by atoms with E-state index in [1.54, 1.807) is 6.07 Å². The number of aliphatic hydroxyl groups excluding tert-OH is 2. The smallest absolute Gasteiger partial charge is 0.389 e. The molecule has 2 nitrogen and oxygen atoms in total. The minimum atomic E-state index is -5.37. The largest absolute Gasteiger partial charge is 0.428 e. The van der Waals surface area contributed by atoms with Crippen molar-refractivity contribution in [2.24, 2.45) is 0 Å². The van der Waals surface area contributed by atoms with E-state index in [2.05, 4.69) is 0 Å². The summed E-state index contributed by atoms with van der Waals surface area (Å²) in [5, 5.41) is 19.7. The molecule has 3 atom stereocenters. The fraction of sp³-hybridized carbons (Fsp3) is 0.625. The van der Waals surface area contributed by atoms with E-state index in [0.717, 1.165) is 12.8 Å². The number of hydrogen-bond donors (Lipinski definition) is 2. The van der Waals surface area contributed by atoms with Crippen molar-refractivity contribution in [3.05, 3.63) is 35.9 Å². The highest BCUT2D eigenvalue weighted by Crippen LogP contribution is 2.46. The molecule has 0 unspecified atom stereocenters. The first kappa shape index (κ1) is 18.9.